The second kappa shape index (κ2) is 14.8. The van der Waals surface area contributed by atoms with Crippen molar-refractivity contribution in [2.24, 2.45) is 0 Å². The SMILES string of the molecule is COc1ccc(C(O[C@H](CCCOC(C)=O)[C@H]2O[C@@H](n3cc(C)c(=O)[nH]c3=O)C[C@@H]2O)(c2ccccc2)c2ccc(OC)cc2)cc1. The first-order valence-electron chi connectivity index (χ1n) is 15.5. The van der Waals surface area contributed by atoms with Crippen molar-refractivity contribution >= 4 is 5.97 Å². The van der Waals surface area contributed by atoms with Crippen LogP contribution < -0.4 is 20.7 Å². The summed E-state index contributed by atoms with van der Waals surface area (Å²) in [5.74, 6) is 0.937. The van der Waals surface area contributed by atoms with E-state index in [1.165, 1.54) is 17.7 Å². The van der Waals surface area contributed by atoms with Crippen LogP contribution in [-0.4, -0.2) is 59.8 Å². The summed E-state index contributed by atoms with van der Waals surface area (Å²) < 4.78 is 31.2. The molecule has 11 heteroatoms. The molecular weight excluding hydrogens is 604 g/mol. The zero-order valence-corrected chi connectivity index (χ0v) is 26.9. The van der Waals surface area contributed by atoms with Gasteiger partial charge in [0, 0.05) is 25.1 Å². The summed E-state index contributed by atoms with van der Waals surface area (Å²) >= 11 is 0. The molecule has 0 saturated carbocycles. The highest BCUT2D eigenvalue weighted by Gasteiger charge is 2.47. The minimum absolute atomic E-state index is 0.0866. The molecule has 5 rings (SSSR count). The van der Waals surface area contributed by atoms with Crippen LogP contribution in [-0.2, 0) is 24.6 Å². The number of hydrogen-bond acceptors (Lipinski definition) is 9. The van der Waals surface area contributed by atoms with Gasteiger partial charge in [0.25, 0.3) is 5.56 Å². The van der Waals surface area contributed by atoms with Crippen LogP contribution in [0.15, 0.2) is 94.6 Å². The number of hydrogen-bond donors (Lipinski definition) is 2. The molecule has 3 aromatic carbocycles. The van der Waals surface area contributed by atoms with Crippen LogP contribution in [0.25, 0.3) is 0 Å². The number of aryl methyl sites for hydroxylation is 1. The Hall–Kier alpha value is -4.71. The Morgan fingerprint density at radius 2 is 1.53 bits per heavy atom. The third kappa shape index (κ3) is 7.32. The molecule has 0 spiro atoms. The number of rotatable bonds is 13. The fourth-order valence-corrected chi connectivity index (χ4v) is 6.03. The van der Waals surface area contributed by atoms with Crippen molar-refractivity contribution < 1.29 is 33.6 Å². The molecule has 1 fully saturated rings. The molecule has 2 heterocycles. The van der Waals surface area contributed by atoms with Crippen molar-refractivity contribution in [3.63, 3.8) is 0 Å². The number of aromatic nitrogens is 2. The molecule has 248 valence electrons. The van der Waals surface area contributed by atoms with E-state index >= 15 is 0 Å². The van der Waals surface area contributed by atoms with Crippen molar-refractivity contribution in [3.05, 3.63) is 128 Å². The summed E-state index contributed by atoms with van der Waals surface area (Å²) in [7, 11) is 3.20. The number of nitrogens with one attached hydrogen (secondary N) is 1. The summed E-state index contributed by atoms with van der Waals surface area (Å²) in [6.45, 7) is 3.08. The van der Waals surface area contributed by atoms with E-state index in [0.29, 0.717) is 29.9 Å². The molecule has 0 aliphatic carbocycles. The number of esters is 1. The molecule has 0 unspecified atom stereocenters. The Bertz CT molecular complexity index is 1700. The van der Waals surface area contributed by atoms with Crippen molar-refractivity contribution in [2.75, 3.05) is 20.8 Å². The van der Waals surface area contributed by atoms with Gasteiger partial charge in [-0.25, -0.2) is 4.79 Å². The monoisotopic (exact) mass is 644 g/mol. The number of nitrogens with zero attached hydrogens (tertiary/aromatic N) is 1. The lowest BCUT2D eigenvalue weighted by molar-refractivity contribution is -0.150. The number of aliphatic hydroxyl groups excluding tert-OH is 1. The fourth-order valence-electron chi connectivity index (χ4n) is 6.03. The van der Waals surface area contributed by atoms with Crippen LogP contribution in [0.3, 0.4) is 0 Å². The first kappa shape index (κ1) is 33.6. The van der Waals surface area contributed by atoms with Gasteiger partial charge in [-0.1, -0.05) is 54.6 Å². The Labute approximate surface area is 272 Å². The van der Waals surface area contributed by atoms with Gasteiger partial charge in [0.2, 0.25) is 0 Å². The van der Waals surface area contributed by atoms with Gasteiger partial charge in [0.1, 0.15) is 29.4 Å². The Kier molecular flexibility index (Phi) is 10.6. The molecule has 0 bridgehead atoms. The average Bonchev–Trinajstić information content (AvgIpc) is 3.47. The maximum absolute atomic E-state index is 12.8. The number of benzene rings is 3. The molecule has 1 aliphatic rings. The number of methoxy groups -OCH3 is 2. The van der Waals surface area contributed by atoms with Crippen LogP contribution in [0.2, 0.25) is 0 Å². The Morgan fingerprint density at radius 3 is 2.09 bits per heavy atom. The second-order valence-corrected chi connectivity index (χ2v) is 11.5. The van der Waals surface area contributed by atoms with Crippen LogP contribution in [0.1, 0.15) is 54.7 Å². The average molecular weight is 645 g/mol. The zero-order chi connectivity index (χ0) is 33.6. The van der Waals surface area contributed by atoms with Gasteiger partial charge < -0.3 is 28.8 Å². The number of carbonyl (C=O) groups is 1. The number of carbonyl (C=O) groups excluding carboxylic acids is 1. The molecule has 0 radical (unpaired) electrons. The van der Waals surface area contributed by atoms with Gasteiger partial charge in [0.05, 0.1) is 33.0 Å². The summed E-state index contributed by atoms with van der Waals surface area (Å²) in [5.41, 5.74) is 0.380. The maximum Gasteiger partial charge on any atom is 0.330 e. The lowest BCUT2D eigenvalue weighted by atomic mass is 9.79. The molecule has 4 aromatic rings. The molecule has 47 heavy (non-hydrogen) atoms. The van der Waals surface area contributed by atoms with E-state index in [4.69, 9.17) is 23.7 Å². The number of H-pyrrole nitrogens is 1. The van der Waals surface area contributed by atoms with Gasteiger partial charge in [-0.05, 0) is 60.7 Å². The highest BCUT2D eigenvalue weighted by atomic mass is 16.6. The number of aliphatic hydroxyl groups is 1. The van der Waals surface area contributed by atoms with Gasteiger partial charge in [0.15, 0.2) is 0 Å². The van der Waals surface area contributed by atoms with E-state index in [1.54, 1.807) is 21.1 Å². The normalized spacial score (nSPS) is 18.4. The molecule has 11 nitrogen and oxygen atoms in total. The van der Waals surface area contributed by atoms with Crippen LogP contribution >= 0.6 is 0 Å². The molecule has 4 atom stereocenters. The highest BCUT2D eigenvalue weighted by molar-refractivity contribution is 5.65. The van der Waals surface area contributed by atoms with E-state index in [0.717, 1.165) is 16.7 Å². The summed E-state index contributed by atoms with van der Waals surface area (Å²) in [6.07, 6.45) is -1.28. The molecule has 0 amide bonds. The van der Waals surface area contributed by atoms with E-state index in [-0.39, 0.29) is 13.0 Å². The van der Waals surface area contributed by atoms with Crippen molar-refractivity contribution in [1.82, 2.24) is 9.55 Å². The highest BCUT2D eigenvalue weighted by Crippen LogP contribution is 2.45. The van der Waals surface area contributed by atoms with Crippen molar-refractivity contribution in [2.45, 2.75) is 63.3 Å². The van der Waals surface area contributed by atoms with E-state index in [9.17, 15) is 19.5 Å². The number of ether oxygens (including phenoxy) is 5. The smallest absolute Gasteiger partial charge is 0.330 e. The molecule has 1 aromatic heterocycles. The summed E-state index contributed by atoms with van der Waals surface area (Å²) in [5, 5.41) is 11.5. The molecule has 1 saturated heterocycles. The lowest BCUT2D eigenvalue weighted by Crippen LogP contribution is -2.45. The van der Waals surface area contributed by atoms with Crippen LogP contribution in [0.5, 0.6) is 11.5 Å². The summed E-state index contributed by atoms with van der Waals surface area (Å²) in [6, 6.07) is 24.9. The third-order valence-corrected chi connectivity index (χ3v) is 8.40. The maximum atomic E-state index is 12.8. The molecule has 1 aliphatic heterocycles. The second-order valence-electron chi connectivity index (χ2n) is 11.5. The fraction of sp³-hybridized carbons (Fsp3) is 0.361. The standard InChI is InChI=1S/C36H40N2O9/c1-23-22-38(35(42)37-34(23)41)32-21-30(40)33(46-32)31(11-8-20-45-24(2)39)47-36(25-9-6-5-7-10-25,26-12-16-28(43-3)17-13-26)27-14-18-29(44-4)19-15-27/h5-7,9-10,12-19,22,30-33,40H,8,11,20-21H2,1-4H3,(H,37,41,42)/t30-,31+,32+,33-/m0/s1. The first-order valence-corrected chi connectivity index (χ1v) is 15.5. The Morgan fingerprint density at radius 1 is 0.957 bits per heavy atom. The topological polar surface area (TPSA) is 138 Å². The van der Waals surface area contributed by atoms with E-state index < -0.39 is 47.4 Å². The predicted octanol–water partition coefficient (Wildman–Crippen LogP) is 4.23. The Balaban J connectivity index is 1.63. The minimum Gasteiger partial charge on any atom is -0.497 e. The van der Waals surface area contributed by atoms with E-state index in [2.05, 4.69) is 4.98 Å². The van der Waals surface area contributed by atoms with Gasteiger partial charge in [-0.3, -0.25) is 19.1 Å². The van der Waals surface area contributed by atoms with Gasteiger partial charge >= 0.3 is 11.7 Å². The van der Waals surface area contributed by atoms with Crippen LogP contribution in [0.4, 0.5) is 0 Å². The predicted molar refractivity (Wildman–Crippen MR) is 174 cm³/mol. The van der Waals surface area contributed by atoms with Gasteiger partial charge in [-0.15, -0.1) is 0 Å². The van der Waals surface area contributed by atoms with Crippen molar-refractivity contribution in [3.8, 4) is 11.5 Å². The third-order valence-electron chi connectivity index (χ3n) is 8.40. The molecular formula is C36H40N2O9. The number of aromatic amines is 1. The quantitative estimate of drug-likeness (QED) is 0.124. The zero-order valence-electron chi connectivity index (χ0n) is 26.9. The van der Waals surface area contributed by atoms with Gasteiger partial charge in [-0.2, -0.15) is 0 Å². The van der Waals surface area contributed by atoms with E-state index in [1.807, 2.05) is 78.9 Å². The first-order chi connectivity index (χ1) is 22.7. The molecule has 2 N–H and O–H groups in total. The summed E-state index contributed by atoms with van der Waals surface area (Å²) in [4.78, 5) is 38.7. The van der Waals surface area contributed by atoms with Crippen molar-refractivity contribution in [1.29, 1.82) is 0 Å². The largest absolute Gasteiger partial charge is 0.497 e. The minimum atomic E-state index is -1.22. The van der Waals surface area contributed by atoms with Crippen LogP contribution in [0, 0.1) is 6.92 Å². The lowest BCUT2D eigenvalue weighted by Gasteiger charge is -2.41.